The molecule has 5 nitrogen and oxygen atoms in total. The fourth-order valence-electron chi connectivity index (χ4n) is 7.96. The number of nitrogens with one attached hydrogen (secondary N) is 1. The minimum Gasteiger partial charge on any atom is -0.385 e. The predicted molar refractivity (Wildman–Crippen MR) is 142 cm³/mol. The lowest BCUT2D eigenvalue weighted by Crippen LogP contribution is -2.50. The van der Waals surface area contributed by atoms with Crippen LogP contribution in [0.15, 0.2) is 59.2 Å². The van der Waals surface area contributed by atoms with Crippen molar-refractivity contribution >= 4 is 21.5 Å². The van der Waals surface area contributed by atoms with Gasteiger partial charge in [-0.15, -0.1) is 0 Å². The highest BCUT2D eigenvalue weighted by atomic mass is 32.2. The fraction of sp³-hybridized carbons (Fsp3) is 0.567. The van der Waals surface area contributed by atoms with Gasteiger partial charge < -0.3 is 5.11 Å². The Kier molecular flexibility index (Phi) is 5.65. The van der Waals surface area contributed by atoms with Gasteiger partial charge in [-0.05, 0) is 105 Å². The zero-order chi connectivity index (χ0) is 25.3. The fourth-order valence-corrected chi connectivity index (χ4v) is 9.34. The van der Waals surface area contributed by atoms with Gasteiger partial charge in [-0.25, -0.2) is 8.42 Å². The first-order valence-electron chi connectivity index (χ1n) is 13.6. The molecule has 6 heteroatoms. The molecule has 3 saturated carbocycles. The number of allylic oxidation sites excluding steroid dienone is 5. The number of carbonyl (C=O) groups is 1. The maximum absolute atomic E-state index is 12.4. The van der Waals surface area contributed by atoms with E-state index in [-0.39, 0.29) is 22.4 Å². The molecule has 6 rings (SSSR count). The van der Waals surface area contributed by atoms with Crippen molar-refractivity contribution in [1.29, 1.82) is 0 Å². The second-order valence-corrected chi connectivity index (χ2v) is 13.9. The Morgan fingerprint density at radius 2 is 1.81 bits per heavy atom. The van der Waals surface area contributed by atoms with Gasteiger partial charge in [0.1, 0.15) is 0 Å². The summed E-state index contributed by atoms with van der Waals surface area (Å²) in [5.74, 6) is 1.20. The molecular weight excluding hydrogens is 470 g/mol. The average Bonchev–Trinajstić information content (AvgIpc) is 3.66. The molecule has 3 fully saturated rings. The zero-order valence-electron chi connectivity index (χ0n) is 21.3. The SMILES string of the molecule is CC=C[C@]1(O)CC[C@H]2[C@@H]3CCC4=CC(=O)CCC4=C3[C@@H](c3ccc(NS(=O)(=O)C4CC4)cc3)C[C@@]21C. The van der Waals surface area contributed by atoms with Crippen molar-refractivity contribution < 1.29 is 18.3 Å². The minimum atomic E-state index is -3.30. The van der Waals surface area contributed by atoms with E-state index in [1.807, 2.05) is 37.3 Å². The van der Waals surface area contributed by atoms with E-state index in [1.165, 1.54) is 22.3 Å². The molecule has 5 aliphatic carbocycles. The van der Waals surface area contributed by atoms with Gasteiger partial charge >= 0.3 is 0 Å². The molecular formula is C30H37NO4S. The highest BCUT2D eigenvalue weighted by Crippen LogP contribution is 2.67. The smallest absolute Gasteiger partial charge is 0.235 e. The van der Waals surface area contributed by atoms with Crippen molar-refractivity contribution in [3.8, 4) is 0 Å². The third-order valence-corrected chi connectivity index (χ3v) is 11.8. The summed E-state index contributed by atoms with van der Waals surface area (Å²) >= 11 is 0. The van der Waals surface area contributed by atoms with Crippen molar-refractivity contribution in [3.05, 3.63) is 64.8 Å². The summed E-state index contributed by atoms with van der Waals surface area (Å²) in [6.07, 6.45) is 13.4. The Bertz CT molecular complexity index is 1290. The molecule has 0 aromatic heterocycles. The molecule has 0 spiro atoms. The lowest BCUT2D eigenvalue weighted by molar-refractivity contribution is -0.114. The highest BCUT2D eigenvalue weighted by Gasteiger charge is 2.61. The van der Waals surface area contributed by atoms with Crippen LogP contribution >= 0.6 is 0 Å². The van der Waals surface area contributed by atoms with Gasteiger partial charge in [-0.2, -0.15) is 0 Å². The number of hydrogen-bond donors (Lipinski definition) is 2. The van der Waals surface area contributed by atoms with Crippen LogP contribution in [-0.2, 0) is 14.8 Å². The molecule has 0 bridgehead atoms. The van der Waals surface area contributed by atoms with E-state index in [1.54, 1.807) is 0 Å². The van der Waals surface area contributed by atoms with Crippen LogP contribution in [-0.4, -0.2) is 30.2 Å². The number of benzene rings is 1. The second kappa shape index (κ2) is 8.42. The Hall–Kier alpha value is -2.18. The first-order valence-corrected chi connectivity index (χ1v) is 15.1. The summed E-state index contributed by atoms with van der Waals surface area (Å²) in [5, 5.41) is 11.6. The normalized spacial score (nSPS) is 36.4. The van der Waals surface area contributed by atoms with Crippen molar-refractivity contribution in [2.75, 3.05) is 4.72 Å². The van der Waals surface area contributed by atoms with Crippen LogP contribution in [0.3, 0.4) is 0 Å². The zero-order valence-corrected chi connectivity index (χ0v) is 22.1. The highest BCUT2D eigenvalue weighted by molar-refractivity contribution is 7.93. The van der Waals surface area contributed by atoms with Gasteiger partial charge in [0.15, 0.2) is 5.78 Å². The molecule has 192 valence electrons. The van der Waals surface area contributed by atoms with E-state index in [0.29, 0.717) is 23.9 Å². The number of anilines is 1. The van der Waals surface area contributed by atoms with Crippen molar-refractivity contribution in [2.45, 2.75) is 88.4 Å². The number of rotatable bonds is 5. The molecule has 1 aromatic carbocycles. The van der Waals surface area contributed by atoms with E-state index in [2.05, 4.69) is 23.8 Å². The van der Waals surface area contributed by atoms with Gasteiger partial charge in [-0.1, -0.05) is 36.8 Å². The van der Waals surface area contributed by atoms with E-state index in [0.717, 1.165) is 51.4 Å². The third-order valence-electron chi connectivity index (χ3n) is 9.93. The van der Waals surface area contributed by atoms with Crippen molar-refractivity contribution in [3.63, 3.8) is 0 Å². The van der Waals surface area contributed by atoms with Crippen LogP contribution < -0.4 is 4.72 Å². The van der Waals surface area contributed by atoms with E-state index in [4.69, 9.17) is 0 Å². The monoisotopic (exact) mass is 507 g/mol. The summed E-state index contributed by atoms with van der Waals surface area (Å²) in [6, 6.07) is 7.92. The first-order chi connectivity index (χ1) is 17.1. The molecule has 1 aromatic rings. The Labute approximate surface area is 214 Å². The number of ketones is 1. The summed E-state index contributed by atoms with van der Waals surface area (Å²) < 4.78 is 27.6. The first kappa shape index (κ1) is 24.2. The molecule has 0 aliphatic heterocycles. The molecule has 0 saturated heterocycles. The summed E-state index contributed by atoms with van der Waals surface area (Å²) in [6.45, 7) is 4.27. The maximum Gasteiger partial charge on any atom is 0.235 e. The van der Waals surface area contributed by atoms with Crippen molar-refractivity contribution in [1.82, 2.24) is 0 Å². The lowest BCUT2D eigenvalue weighted by Gasteiger charge is -2.54. The molecule has 0 amide bonds. The van der Waals surface area contributed by atoms with E-state index in [9.17, 15) is 18.3 Å². The Balaban J connectivity index is 1.42. The van der Waals surface area contributed by atoms with Crippen LogP contribution in [0.2, 0.25) is 0 Å². The summed E-state index contributed by atoms with van der Waals surface area (Å²) in [5.41, 5.74) is 4.82. The number of sulfonamides is 1. The van der Waals surface area contributed by atoms with E-state index < -0.39 is 15.6 Å². The predicted octanol–water partition coefficient (Wildman–Crippen LogP) is 5.80. The number of fused-ring (bicyclic) bond motifs is 4. The van der Waals surface area contributed by atoms with Gasteiger partial charge in [0, 0.05) is 23.4 Å². The summed E-state index contributed by atoms with van der Waals surface area (Å²) in [4.78, 5) is 12.2. The van der Waals surface area contributed by atoms with Crippen LogP contribution in [0.25, 0.3) is 0 Å². The number of aliphatic hydroxyl groups is 1. The molecule has 2 N–H and O–H groups in total. The average molecular weight is 508 g/mol. The molecule has 5 aliphatic rings. The Morgan fingerprint density at radius 1 is 1.06 bits per heavy atom. The largest absolute Gasteiger partial charge is 0.385 e. The molecule has 36 heavy (non-hydrogen) atoms. The molecule has 5 atom stereocenters. The minimum absolute atomic E-state index is 0.145. The number of hydrogen-bond acceptors (Lipinski definition) is 4. The topological polar surface area (TPSA) is 83.5 Å². The van der Waals surface area contributed by atoms with Gasteiger partial charge in [0.25, 0.3) is 0 Å². The van der Waals surface area contributed by atoms with Crippen molar-refractivity contribution in [2.24, 2.45) is 17.3 Å². The molecule has 0 heterocycles. The molecule has 0 radical (unpaired) electrons. The lowest BCUT2D eigenvalue weighted by atomic mass is 9.51. The number of carbonyl (C=O) groups excluding carboxylic acids is 1. The summed E-state index contributed by atoms with van der Waals surface area (Å²) in [7, 11) is -3.30. The van der Waals surface area contributed by atoms with Crippen LogP contribution in [0.1, 0.15) is 83.1 Å². The van der Waals surface area contributed by atoms with Crippen LogP contribution in [0.5, 0.6) is 0 Å². The van der Waals surface area contributed by atoms with Gasteiger partial charge in [0.05, 0.1) is 10.9 Å². The van der Waals surface area contributed by atoms with E-state index >= 15 is 0 Å². The molecule has 0 unspecified atom stereocenters. The quantitative estimate of drug-likeness (QED) is 0.494. The standard InChI is InChI=1S/C30H37NO4S/c1-3-15-30(33)16-14-27-25-12-6-20-17-22(32)9-13-24(20)28(25)26(18-29(27,30)2)19-4-7-21(8-5-19)31-36(34,35)23-10-11-23/h3-5,7-8,15,17,23,25-27,31,33H,6,9-14,16,18H2,1-2H3/t25-,26+,27-,29-,30-/m0/s1. The second-order valence-electron chi connectivity index (χ2n) is 11.9. The Morgan fingerprint density at radius 3 is 2.50 bits per heavy atom. The van der Waals surface area contributed by atoms with Crippen LogP contribution in [0, 0.1) is 17.3 Å². The maximum atomic E-state index is 12.4. The van der Waals surface area contributed by atoms with Crippen LogP contribution in [0.4, 0.5) is 5.69 Å². The van der Waals surface area contributed by atoms with Gasteiger partial charge in [0.2, 0.25) is 10.0 Å². The van der Waals surface area contributed by atoms with Gasteiger partial charge in [-0.3, -0.25) is 9.52 Å². The third kappa shape index (κ3) is 3.75.